The highest BCUT2D eigenvalue weighted by Gasteiger charge is 2.49. The predicted molar refractivity (Wildman–Crippen MR) is 135 cm³/mol. The van der Waals surface area contributed by atoms with Gasteiger partial charge in [0.2, 0.25) is 15.9 Å². The van der Waals surface area contributed by atoms with Crippen LogP contribution in [0.3, 0.4) is 0 Å². The van der Waals surface area contributed by atoms with Gasteiger partial charge in [-0.15, -0.1) is 9.19 Å². The largest absolute Gasteiger partial charge is 0.335 e. The molecular formula is C25H28FN5O5S2. The summed E-state index contributed by atoms with van der Waals surface area (Å²) in [5, 5.41) is 7.57. The van der Waals surface area contributed by atoms with E-state index in [1.54, 1.807) is 18.2 Å². The molecule has 3 aromatic rings. The van der Waals surface area contributed by atoms with Crippen molar-refractivity contribution in [2.75, 3.05) is 6.54 Å². The molecule has 2 unspecified atom stereocenters. The van der Waals surface area contributed by atoms with Crippen LogP contribution in [0.1, 0.15) is 38.3 Å². The van der Waals surface area contributed by atoms with Gasteiger partial charge in [0, 0.05) is 12.6 Å². The van der Waals surface area contributed by atoms with Crippen molar-refractivity contribution < 1.29 is 26.0 Å². The topological polar surface area (TPSA) is 123 Å². The molecule has 10 nitrogen and oxygen atoms in total. The van der Waals surface area contributed by atoms with Gasteiger partial charge in [-0.1, -0.05) is 42.8 Å². The summed E-state index contributed by atoms with van der Waals surface area (Å²) >= 11 is 0. The lowest BCUT2D eigenvalue weighted by Gasteiger charge is -2.40. The Morgan fingerprint density at radius 3 is 2.42 bits per heavy atom. The molecule has 0 N–H and O–H groups in total. The molecule has 0 saturated carbocycles. The van der Waals surface area contributed by atoms with Gasteiger partial charge in [-0.05, 0) is 55.5 Å². The van der Waals surface area contributed by atoms with Gasteiger partial charge in [-0.25, -0.2) is 12.8 Å². The van der Waals surface area contributed by atoms with Crippen LogP contribution in [-0.4, -0.2) is 65.0 Å². The summed E-state index contributed by atoms with van der Waals surface area (Å²) in [6, 6.07) is 11.2. The molecule has 13 heteroatoms. The van der Waals surface area contributed by atoms with E-state index in [2.05, 4.69) is 10.3 Å². The lowest BCUT2D eigenvalue weighted by atomic mass is 9.89. The first-order valence-corrected chi connectivity index (χ1v) is 15.3. The average molecular weight is 562 g/mol. The maximum absolute atomic E-state index is 14.0. The second kappa shape index (κ2) is 10.2. The van der Waals surface area contributed by atoms with Crippen LogP contribution in [0.25, 0.3) is 0 Å². The van der Waals surface area contributed by atoms with Gasteiger partial charge in [0.15, 0.2) is 0 Å². The highest BCUT2D eigenvalue weighted by atomic mass is 32.2. The van der Waals surface area contributed by atoms with E-state index in [0.29, 0.717) is 25.7 Å². The molecule has 2 saturated heterocycles. The molecule has 2 aliphatic heterocycles. The smallest absolute Gasteiger partial charge is 0.284 e. The molecule has 0 aliphatic carbocycles. The van der Waals surface area contributed by atoms with E-state index in [1.165, 1.54) is 45.7 Å². The van der Waals surface area contributed by atoms with E-state index < -0.39 is 43.9 Å². The van der Waals surface area contributed by atoms with Crippen LogP contribution in [0.5, 0.6) is 0 Å². The zero-order valence-electron chi connectivity index (χ0n) is 20.7. The molecule has 3 atom stereocenters. The number of hydrogen-bond acceptors (Lipinski definition) is 7. The average Bonchev–Trinajstić information content (AvgIpc) is 3.37. The standard InChI is InChI=1S/C25H28FN5O5S2/c1-2-18-16-29(17-20-15-27-28-31(20)38(35,36)21-9-4-3-5-10-21)25(32)24-13-7-12-23(18)30(24)37(33,34)22-11-6-8-19(26)14-22/h3-6,8-11,14-15,18,23-24H,2,7,12-13,16-17H2,1H3/t18-,23?,24?/m0/s1. The number of benzene rings is 2. The molecule has 0 spiro atoms. The summed E-state index contributed by atoms with van der Waals surface area (Å²) in [7, 11) is -8.23. The Labute approximate surface area is 221 Å². The molecule has 1 aromatic heterocycles. The highest BCUT2D eigenvalue weighted by molar-refractivity contribution is 7.90. The van der Waals surface area contributed by atoms with Gasteiger partial charge in [-0.3, -0.25) is 4.79 Å². The van der Waals surface area contributed by atoms with Gasteiger partial charge >= 0.3 is 0 Å². The summed E-state index contributed by atoms with van der Waals surface area (Å²) in [6.07, 6.45) is 3.45. The number of nitrogens with zero attached hydrogens (tertiary/aromatic N) is 5. The fourth-order valence-electron chi connectivity index (χ4n) is 5.46. The van der Waals surface area contributed by atoms with E-state index in [4.69, 9.17) is 0 Å². The van der Waals surface area contributed by atoms with Crippen molar-refractivity contribution in [3.8, 4) is 0 Å². The minimum atomic E-state index is -4.18. The normalized spacial score (nSPS) is 22.8. The third-order valence-electron chi connectivity index (χ3n) is 7.31. The Hall–Kier alpha value is -3.16. The van der Waals surface area contributed by atoms with Crippen LogP contribution in [0, 0.1) is 11.7 Å². The first kappa shape index (κ1) is 26.4. The fourth-order valence-corrected chi connectivity index (χ4v) is 8.64. The zero-order chi connectivity index (χ0) is 27.1. The Morgan fingerprint density at radius 1 is 0.974 bits per heavy atom. The second-order valence-corrected chi connectivity index (χ2v) is 13.2. The molecule has 2 aliphatic rings. The Morgan fingerprint density at radius 2 is 1.71 bits per heavy atom. The number of hydrogen-bond donors (Lipinski definition) is 0. The first-order valence-electron chi connectivity index (χ1n) is 12.4. The van der Waals surface area contributed by atoms with E-state index in [0.717, 1.165) is 10.2 Å². The number of halogens is 1. The molecule has 2 bridgehead atoms. The maximum Gasteiger partial charge on any atom is 0.284 e. The van der Waals surface area contributed by atoms with Crippen molar-refractivity contribution >= 4 is 26.0 Å². The fraction of sp³-hybridized carbons (Fsp3) is 0.400. The molecule has 3 heterocycles. The molecule has 1 amide bonds. The summed E-state index contributed by atoms with van der Waals surface area (Å²) in [4.78, 5) is 15.2. The number of amides is 1. The highest BCUT2D eigenvalue weighted by Crippen LogP contribution is 2.38. The van der Waals surface area contributed by atoms with Crippen LogP contribution in [0.4, 0.5) is 4.39 Å². The summed E-state index contributed by atoms with van der Waals surface area (Å²) in [5.41, 5.74) is 0.188. The monoisotopic (exact) mass is 561 g/mol. The van der Waals surface area contributed by atoms with Crippen molar-refractivity contribution in [3.05, 3.63) is 72.3 Å². The van der Waals surface area contributed by atoms with Crippen LogP contribution < -0.4 is 0 Å². The van der Waals surface area contributed by atoms with Crippen molar-refractivity contribution in [3.63, 3.8) is 0 Å². The van der Waals surface area contributed by atoms with Crippen LogP contribution in [0.15, 0.2) is 70.6 Å². The zero-order valence-corrected chi connectivity index (χ0v) is 22.4. The Bertz CT molecular complexity index is 1540. The lowest BCUT2D eigenvalue weighted by molar-refractivity contribution is -0.135. The van der Waals surface area contributed by atoms with Gasteiger partial charge in [0.25, 0.3) is 10.0 Å². The summed E-state index contributed by atoms with van der Waals surface area (Å²) in [6.45, 7) is 2.06. The maximum atomic E-state index is 14.0. The van der Waals surface area contributed by atoms with Crippen LogP contribution in [-0.2, 0) is 31.4 Å². The van der Waals surface area contributed by atoms with Gasteiger partial charge < -0.3 is 4.90 Å². The number of carbonyl (C=O) groups excluding carboxylic acids is 1. The first-order chi connectivity index (χ1) is 18.1. The lowest BCUT2D eigenvalue weighted by Crippen LogP contribution is -2.54. The van der Waals surface area contributed by atoms with Crippen LogP contribution in [0.2, 0.25) is 0 Å². The van der Waals surface area contributed by atoms with Gasteiger partial charge in [0.1, 0.15) is 11.9 Å². The van der Waals surface area contributed by atoms with Crippen molar-refractivity contribution in [1.29, 1.82) is 0 Å². The molecule has 0 radical (unpaired) electrons. The minimum absolute atomic E-state index is 0.0311. The number of aromatic nitrogens is 3. The molecular weight excluding hydrogens is 533 g/mol. The minimum Gasteiger partial charge on any atom is -0.335 e. The van der Waals surface area contributed by atoms with Crippen LogP contribution >= 0.6 is 0 Å². The van der Waals surface area contributed by atoms with Crippen molar-refractivity contribution in [2.24, 2.45) is 5.92 Å². The third-order valence-corrected chi connectivity index (χ3v) is 10.9. The number of sulfonamides is 1. The molecule has 2 aromatic carbocycles. The third kappa shape index (κ3) is 4.63. The van der Waals surface area contributed by atoms with Gasteiger partial charge in [-0.2, -0.15) is 12.7 Å². The number of rotatable bonds is 7. The molecule has 5 rings (SSSR count). The van der Waals surface area contributed by atoms with Crippen molar-refractivity contribution in [1.82, 2.24) is 23.6 Å². The van der Waals surface area contributed by atoms with E-state index in [-0.39, 0.29) is 34.5 Å². The van der Waals surface area contributed by atoms with Crippen molar-refractivity contribution in [2.45, 2.75) is 61.0 Å². The Kier molecular flexibility index (Phi) is 7.09. The summed E-state index contributed by atoms with van der Waals surface area (Å²) < 4.78 is 70.0. The van der Waals surface area contributed by atoms with E-state index in [1.807, 2.05) is 6.92 Å². The molecule has 202 valence electrons. The quantitative estimate of drug-likeness (QED) is 0.435. The number of fused-ring (bicyclic) bond motifs is 2. The Balaban J connectivity index is 1.51. The van der Waals surface area contributed by atoms with Gasteiger partial charge in [0.05, 0.1) is 28.2 Å². The van der Waals surface area contributed by atoms with E-state index >= 15 is 0 Å². The SMILES string of the molecule is CC[C@H]1CN(Cc2cnnn2S(=O)(=O)c2ccccc2)C(=O)C2CCCC1N2S(=O)(=O)c1cccc(F)c1. The number of carbonyl (C=O) groups is 1. The number of piperidine rings is 1. The predicted octanol–water partition coefficient (Wildman–Crippen LogP) is 2.63. The summed E-state index contributed by atoms with van der Waals surface area (Å²) in [5.74, 6) is -1.30. The van der Waals surface area contributed by atoms with E-state index in [9.17, 15) is 26.0 Å². The molecule has 2 fully saturated rings. The second-order valence-electron chi connectivity index (χ2n) is 9.58. The molecule has 38 heavy (non-hydrogen) atoms.